The molecule has 3 heterocycles. The molecule has 1 atom stereocenters. The molecule has 0 spiro atoms. The third kappa shape index (κ3) is 3.71. The van der Waals surface area contributed by atoms with Crippen LogP contribution >= 0.6 is 12.2 Å². The fraction of sp³-hybridized carbons (Fsp3) is 0.600. The molecule has 2 N–H and O–H groups in total. The Morgan fingerprint density at radius 3 is 2.77 bits per heavy atom. The summed E-state index contributed by atoms with van der Waals surface area (Å²) >= 11 is 5.58. The molecule has 5 nitrogen and oxygen atoms in total. The summed E-state index contributed by atoms with van der Waals surface area (Å²) in [5.41, 5.74) is 4.84. The zero-order chi connectivity index (χ0) is 18.1. The van der Waals surface area contributed by atoms with E-state index in [0.717, 1.165) is 67.5 Å². The number of rotatable bonds is 3. The van der Waals surface area contributed by atoms with Crippen LogP contribution in [0.3, 0.4) is 0 Å². The number of ether oxygens (including phenoxy) is 1. The van der Waals surface area contributed by atoms with Crippen molar-refractivity contribution in [3.8, 4) is 0 Å². The van der Waals surface area contributed by atoms with Crippen molar-refractivity contribution in [3.63, 3.8) is 0 Å². The first-order valence-electron chi connectivity index (χ1n) is 9.71. The quantitative estimate of drug-likeness (QED) is 0.809. The lowest BCUT2D eigenvalue weighted by atomic mass is 9.96. The monoisotopic (exact) mass is 372 g/mol. The summed E-state index contributed by atoms with van der Waals surface area (Å²) in [6, 6.07) is 4.39. The Labute approximate surface area is 160 Å². The predicted octanol–water partition coefficient (Wildman–Crippen LogP) is 3.41. The van der Waals surface area contributed by atoms with E-state index in [1.165, 1.54) is 17.5 Å². The molecular weight excluding hydrogens is 344 g/mol. The third-order valence-electron chi connectivity index (χ3n) is 5.79. The summed E-state index contributed by atoms with van der Waals surface area (Å²) in [7, 11) is 0. The van der Waals surface area contributed by atoms with Crippen molar-refractivity contribution < 1.29 is 4.74 Å². The number of piperidine rings is 1. The summed E-state index contributed by atoms with van der Waals surface area (Å²) in [6.45, 7) is 7.99. The third-order valence-corrected chi connectivity index (χ3v) is 6.19. The van der Waals surface area contributed by atoms with Gasteiger partial charge >= 0.3 is 0 Å². The Bertz CT molecular complexity index is 749. The smallest absolute Gasteiger partial charge is 0.169 e. The second kappa shape index (κ2) is 7.53. The average Bonchev–Trinajstić information content (AvgIpc) is 3.30. The molecule has 2 aliphatic rings. The SMILES string of the molecule is Cc1cc2nc(C3CCN(C(=S)NC[C@H]4CCCO4)CC3)[nH]c2cc1C. The molecule has 26 heavy (non-hydrogen) atoms. The molecule has 1 aromatic carbocycles. The maximum absolute atomic E-state index is 5.66. The highest BCUT2D eigenvalue weighted by Crippen LogP contribution is 2.28. The van der Waals surface area contributed by atoms with E-state index in [4.69, 9.17) is 21.9 Å². The van der Waals surface area contributed by atoms with E-state index in [1.807, 2.05) is 0 Å². The number of fused-ring (bicyclic) bond motifs is 1. The van der Waals surface area contributed by atoms with Gasteiger partial charge in [0, 0.05) is 32.2 Å². The van der Waals surface area contributed by atoms with E-state index >= 15 is 0 Å². The van der Waals surface area contributed by atoms with E-state index in [0.29, 0.717) is 12.0 Å². The van der Waals surface area contributed by atoms with Crippen molar-refractivity contribution in [1.82, 2.24) is 20.2 Å². The number of thiocarbonyl (C=S) groups is 1. The van der Waals surface area contributed by atoms with Crippen LogP contribution < -0.4 is 5.32 Å². The molecule has 2 aliphatic heterocycles. The molecule has 2 saturated heterocycles. The summed E-state index contributed by atoms with van der Waals surface area (Å²) in [5, 5.41) is 4.26. The first-order valence-corrected chi connectivity index (χ1v) is 10.1. The molecule has 6 heteroatoms. The normalized spacial score (nSPS) is 21.5. The molecular formula is C20H28N4OS. The lowest BCUT2D eigenvalue weighted by molar-refractivity contribution is 0.113. The average molecular weight is 373 g/mol. The van der Waals surface area contributed by atoms with Gasteiger partial charge in [-0.15, -0.1) is 0 Å². The number of aromatic nitrogens is 2. The standard InChI is InChI=1S/C20H28N4OS/c1-13-10-17-18(11-14(13)2)23-19(22-17)15-5-7-24(8-6-15)20(26)21-12-16-4-3-9-25-16/h10-11,15-16H,3-9,12H2,1-2H3,(H,21,26)(H,22,23)/t16-/m1/s1. The van der Waals surface area contributed by atoms with Crippen molar-refractivity contribution >= 4 is 28.4 Å². The molecule has 0 aliphatic carbocycles. The lowest BCUT2D eigenvalue weighted by Crippen LogP contribution is -2.45. The van der Waals surface area contributed by atoms with Crippen LogP contribution in [0.5, 0.6) is 0 Å². The minimum absolute atomic E-state index is 0.327. The fourth-order valence-corrected chi connectivity index (χ4v) is 4.22. The molecule has 1 aromatic heterocycles. The summed E-state index contributed by atoms with van der Waals surface area (Å²) in [6.07, 6.45) is 4.80. The summed E-state index contributed by atoms with van der Waals surface area (Å²) < 4.78 is 5.66. The second-order valence-corrected chi connectivity index (χ2v) is 8.04. The van der Waals surface area contributed by atoms with Crippen LogP contribution in [0.2, 0.25) is 0 Å². The minimum atomic E-state index is 0.327. The molecule has 4 rings (SSSR count). The molecule has 0 bridgehead atoms. The summed E-state index contributed by atoms with van der Waals surface area (Å²) in [5.74, 6) is 1.61. The number of hydrogen-bond acceptors (Lipinski definition) is 3. The van der Waals surface area contributed by atoms with Gasteiger partial charge in [0.05, 0.1) is 17.1 Å². The zero-order valence-corrected chi connectivity index (χ0v) is 16.5. The Kier molecular flexibility index (Phi) is 5.14. The number of H-pyrrole nitrogens is 1. The first kappa shape index (κ1) is 17.7. The minimum Gasteiger partial charge on any atom is -0.376 e. The van der Waals surface area contributed by atoms with E-state index in [-0.39, 0.29) is 0 Å². The van der Waals surface area contributed by atoms with Crippen LogP contribution in [0.25, 0.3) is 11.0 Å². The molecule has 0 unspecified atom stereocenters. The van der Waals surface area contributed by atoms with Gasteiger partial charge in [-0.2, -0.15) is 0 Å². The molecule has 0 saturated carbocycles. The van der Waals surface area contributed by atoms with Gasteiger partial charge in [-0.1, -0.05) is 0 Å². The molecule has 0 amide bonds. The van der Waals surface area contributed by atoms with Crippen LogP contribution in [-0.4, -0.2) is 52.3 Å². The number of imidazole rings is 1. The number of likely N-dealkylation sites (tertiary alicyclic amines) is 1. The van der Waals surface area contributed by atoms with Gasteiger partial charge in [0.2, 0.25) is 0 Å². The van der Waals surface area contributed by atoms with Gasteiger partial charge in [-0.05, 0) is 75.0 Å². The van der Waals surface area contributed by atoms with Crippen molar-refractivity contribution in [3.05, 3.63) is 29.1 Å². The number of nitrogens with zero attached hydrogens (tertiary/aromatic N) is 2. The fourth-order valence-electron chi connectivity index (χ4n) is 3.96. The van der Waals surface area contributed by atoms with Gasteiger partial charge < -0.3 is 19.9 Å². The topological polar surface area (TPSA) is 53.2 Å². The van der Waals surface area contributed by atoms with Crippen LogP contribution in [0.1, 0.15) is 48.6 Å². The van der Waals surface area contributed by atoms with E-state index in [9.17, 15) is 0 Å². The maximum atomic E-state index is 5.66. The van der Waals surface area contributed by atoms with Crippen LogP contribution in [0.15, 0.2) is 12.1 Å². The Balaban J connectivity index is 1.33. The molecule has 2 fully saturated rings. The highest BCUT2D eigenvalue weighted by Gasteiger charge is 2.25. The first-order chi connectivity index (χ1) is 12.6. The number of benzene rings is 1. The van der Waals surface area contributed by atoms with Crippen molar-refractivity contribution in [2.24, 2.45) is 0 Å². The number of aryl methyl sites for hydroxylation is 2. The van der Waals surface area contributed by atoms with Gasteiger partial charge in [0.1, 0.15) is 5.82 Å². The van der Waals surface area contributed by atoms with Crippen LogP contribution in [-0.2, 0) is 4.74 Å². The highest BCUT2D eigenvalue weighted by atomic mass is 32.1. The van der Waals surface area contributed by atoms with Crippen molar-refractivity contribution in [2.75, 3.05) is 26.2 Å². The molecule has 140 valence electrons. The van der Waals surface area contributed by atoms with Crippen LogP contribution in [0.4, 0.5) is 0 Å². The number of aromatic amines is 1. The Hall–Kier alpha value is -1.66. The highest BCUT2D eigenvalue weighted by molar-refractivity contribution is 7.80. The van der Waals surface area contributed by atoms with Gasteiger partial charge in [-0.25, -0.2) is 4.98 Å². The molecule has 0 radical (unpaired) electrons. The van der Waals surface area contributed by atoms with Crippen LogP contribution in [0, 0.1) is 13.8 Å². The maximum Gasteiger partial charge on any atom is 0.169 e. The van der Waals surface area contributed by atoms with E-state index < -0.39 is 0 Å². The predicted molar refractivity (Wildman–Crippen MR) is 109 cm³/mol. The van der Waals surface area contributed by atoms with E-state index in [1.54, 1.807) is 0 Å². The Morgan fingerprint density at radius 1 is 1.27 bits per heavy atom. The summed E-state index contributed by atoms with van der Waals surface area (Å²) in [4.78, 5) is 10.7. The second-order valence-electron chi connectivity index (χ2n) is 7.66. The molecule has 2 aromatic rings. The van der Waals surface area contributed by atoms with Crippen molar-refractivity contribution in [1.29, 1.82) is 0 Å². The van der Waals surface area contributed by atoms with E-state index in [2.05, 4.69) is 41.2 Å². The van der Waals surface area contributed by atoms with Gasteiger partial charge in [0.25, 0.3) is 0 Å². The van der Waals surface area contributed by atoms with Gasteiger partial charge in [0.15, 0.2) is 5.11 Å². The van der Waals surface area contributed by atoms with Gasteiger partial charge in [-0.3, -0.25) is 0 Å². The largest absolute Gasteiger partial charge is 0.376 e. The number of hydrogen-bond donors (Lipinski definition) is 2. The number of nitrogens with one attached hydrogen (secondary N) is 2. The zero-order valence-electron chi connectivity index (χ0n) is 15.7. The Morgan fingerprint density at radius 2 is 2.04 bits per heavy atom. The van der Waals surface area contributed by atoms with Crippen molar-refractivity contribution in [2.45, 2.75) is 51.6 Å². The lowest BCUT2D eigenvalue weighted by Gasteiger charge is -2.33.